The van der Waals surface area contributed by atoms with E-state index in [0.29, 0.717) is 18.4 Å². The van der Waals surface area contributed by atoms with Gasteiger partial charge in [0.2, 0.25) is 0 Å². The molecule has 0 spiro atoms. The van der Waals surface area contributed by atoms with Gasteiger partial charge in [-0.3, -0.25) is 9.69 Å². The minimum atomic E-state index is -4.68. The molecule has 8 heteroatoms. The van der Waals surface area contributed by atoms with Gasteiger partial charge < -0.3 is 4.74 Å². The van der Waals surface area contributed by atoms with Gasteiger partial charge in [0.15, 0.2) is 0 Å². The number of nitrogens with zero attached hydrogens (tertiary/aromatic N) is 2. The molecule has 140 valence electrons. The molecule has 1 fully saturated rings. The molecule has 1 aromatic heterocycles. The zero-order valence-corrected chi connectivity index (χ0v) is 14.3. The summed E-state index contributed by atoms with van der Waals surface area (Å²) in [4.78, 5) is 17.1. The van der Waals surface area contributed by atoms with E-state index in [1.54, 1.807) is 19.2 Å². The molecule has 0 N–H and O–H groups in total. The van der Waals surface area contributed by atoms with Gasteiger partial charge in [0.1, 0.15) is 30.0 Å². The number of fused-ring (bicyclic) bond motifs is 1. The molecule has 0 radical (unpaired) electrons. The van der Waals surface area contributed by atoms with E-state index in [0.717, 1.165) is 6.07 Å². The third kappa shape index (κ3) is 3.51. The first kappa shape index (κ1) is 18.6. The van der Waals surface area contributed by atoms with E-state index < -0.39 is 24.6 Å². The Morgan fingerprint density at radius 2 is 2.12 bits per heavy atom. The number of carbonyl (C=O) groups is 1. The van der Waals surface area contributed by atoms with Gasteiger partial charge in [-0.25, -0.2) is 9.37 Å². The first-order valence-electron chi connectivity index (χ1n) is 8.14. The number of hydrogen-bond acceptors (Lipinski definition) is 4. The van der Waals surface area contributed by atoms with Gasteiger partial charge in [-0.05, 0) is 20.0 Å². The van der Waals surface area contributed by atoms with Gasteiger partial charge in [-0.2, -0.15) is 13.2 Å². The molecule has 2 aromatic rings. The van der Waals surface area contributed by atoms with E-state index in [1.807, 2.05) is 4.90 Å². The molecule has 0 aliphatic carbocycles. The zero-order chi connectivity index (χ0) is 19.1. The first-order valence-corrected chi connectivity index (χ1v) is 8.14. The Balaban J connectivity index is 2.03. The molecule has 2 unspecified atom stereocenters. The predicted molar refractivity (Wildman–Crippen MR) is 87.7 cm³/mol. The second-order valence-corrected chi connectivity index (χ2v) is 6.49. The number of hydrogen-bond donors (Lipinski definition) is 0. The summed E-state index contributed by atoms with van der Waals surface area (Å²) in [5.41, 5.74) is -1.12. The van der Waals surface area contributed by atoms with Gasteiger partial charge >= 0.3 is 6.18 Å². The fraction of sp³-hybridized carbons (Fsp3) is 0.444. The van der Waals surface area contributed by atoms with E-state index in [-0.39, 0.29) is 28.7 Å². The van der Waals surface area contributed by atoms with Crippen LogP contribution in [0.25, 0.3) is 10.9 Å². The smallest absolute Gasteiger partial charge is 0.433 e. The number of aromatic nitrogens is 1. The summed E-state index contributed by atoms with van der Waals surface area (Å²) in [5, 5.41) is 0.321. The summed E-state index contributed by atoms with van der Waals surface area (Å²) in [6.45, 7) is 0.961. The minimum absolute atomic E-state index is 0.000210. The van der Waals surface area contributed by atoms with Crippen molar-refractivity contribution in [3.05, 3.63) is 35.5 Å². The Morgan fingerprint density at radius 3 is 2.69 bits per heavy atom. The van der Waals surface area contributed by atoms with E-state index >= 15 is 0 Å². The van der Waals surface area contributed by atoms with Crippen LogP contribution in [0.1, 0.15) is 24.6 Å². The van der Waals surface area contributed by atoms with Gasteiger partial charge in [0, 0.05) is 30.0 Å². The number of likely N-dealkylation sites (N-methyl/N-ethyl adjacent to an activating group) is 1. The van der Waals surface area contributed by atoms with Crippen molar-refractivity contribution in [3.8, 4) is 5.75 Å². The lowest BCUT2D eigenvalue weighted by molar-refractivity contribution is -0.141. The van der Waals surface area contributed by atoms with Crippen molar-refractivity contribution >= 4 is 16.7 Å². The van der Waals surface area contributed by atoms with Crippen LogP contribution in [0.5, 0.6) is 5.75 Å². The van der Waals surface area contributed by atoms with Crippen LogP contribution in [0.2, 0.25) is 0 Å². The fourth-order valence-corrected chi connectivity index (χ4v) is 3.32. The first-order chi connectivity index (χ1) is 12.2. The fourth-order valence-electron chi connectivity index (χ4n) is 3.32. The van der Waals surface area contributed by atoms with Crippen LogP contribution in [0, 0.1) is 0 Å². The molecular weight excluding hydrogens is 352 g/mol. The molecule has 0 saturated carbocycles. The van der Waals surface area contributed by atoms with Crippen LogP contribution in [-0.2, 0) is 17.6 Å². The van der Waals surface area contributed by atoms with Crippen LogP contribution in [-0.4, -0.2) is 41.4 Å². The molecule has 1 aliphatic heterocycles. The largest absolute Gasteiger partial charge is 0.488 e. The SMILES string of the molecule is CC(=O)C1CC(Oc2cc(C(F)(F)F)nc3c(CF)cccc23)CN1C. The highest BCUT2D eigenvalue weighted by Gasteiger charge is 2.36. The minimum Gasteiger partial charge on any atom is -0.488 e. The van der Waals surface area contributed by atoms with Gasteiger partial charge in [-0.15, -0.1) is 0 Å². The van der Waals surface area contributed by atoms with Crippen molar-refractivity contribution in [1.82, 2.24) is 9.88 Å². The molecule has 0 bridgehead atoms. The van der Waals surface area contributed by atoms with E-state index in [9.17, 15) is 22.4 Å². The molecule has 0 amide bonds. The highest BCUT2D eigenvalue weighted by Crippen LogP contribution is 2.36. The van der Waals surface area contributed by atoms with Gasteiger partial charge in [-0.1, -0.05) is 12.1 Å². The number of carbonyl (C=O) groups excluding carboxylic acids is 1. The topological polar surface area (TPSA) is 42.4 Å². The normalized spacial score (nSPS) is 21.3. The summed E-state index contributed by atoms with van der Waals surface area (Å²) < 4.78 is 58.7. The maximum absolute atomic E-state index is 13.2. The monoisotopic (exact) mass is 370 g/mol. The molecule has 26 heavy (non-hydrogen) atoms. The van der Waals surface area contributed by atoms with Gasteiger partial charge in [0.25, 0.3) is 0 Å². The lowest BCUT2D eigenvalue weighted by atomic mass is 10.1. The molecule has 3 rings (SSSR count). The van der Waals surface area contributed by atoms with Crippen molar-refractivity contribution in [3.63, 3.8) is 0 Å². The van der Waals surface area contributed by atoms with Crippen LogP contribution in [0.3, 0.4) is 0 Å². The van der Waals surface area contributed by atoms with Crippen LogP contribution >= 0.6 is 0 Å². The molecule has 2 heterocycles. The zero-order valence-electron chi connectivity index (χ0n) is 14.3. The Labute approximate surface area is 147 Å². The number of para-hydroxylation sites is 1. The number of ketones is 1. The van der Waals surface area contributed by atoms with E-state index in [2.05, 4.69) is 4.98 Å². The van der Waals surface area contributed by atoms with Crippen molar-refractivity contribution in [2.45, 2.75) is 38.3 Å². The maximum atomic E-state index is 13.2. The Bertz CT molecular complexity index is 838. The number of rotatable bonds is 4. The van der Waals surface area contributed by atoms with Crippen molar-refractivity contribution in [2.24, 2.45) is 0 Å². The Hall–Kier alpha value is -2.22. The predicted octanol–water partition coefficient (Wildman–Crippen LogP) is 3.76. The van der Waals surface area contributed by atoms with Crippen molar-refractivity contribution < 1.29 is 27.1 Å². The lowest BCUT2D eigenvalue weighted by Crippen LogP contribution is -2.31. The second kappa shape index (κ2) is 6.83. The highest BCUT2D eigenvalue weighted by atomic mass is 19.4. The Morgan fingerprint density at radius 1 is 1.38 bits per heavy atom. The number of ether oxygens (including phenoxy) is 1. The van der Waals surface area contributed by atoms with E-state index in [1.165, 1.54) is 13.0 Å². The Kier molecular flexibility index (Phi) is 4.88. The number of alkyl halides is 4. The highest BCUT2D eigenvalue weighted by molar-refractivity contribution is 5.88. The lowest BCUT2D eigenvalue weighted by Gasteiger charge is -2.18. The second-order valence-electron chi connectivity index (χ2n) is 6.49. The molecule has 4 nitrogen and oxygen atoms in total. The molecule has 1 aromatic carbocycles. The summed E-state index contributed by atoms with van der Waals surface area (Å²) in [7, 11) is 1.77. The maximum Gasteiger partial charge on any atom is 0.433 e. The average Bonchev–Trinajstić information content (AvgIpc) is 2.94. The number of Topliss-reactive ketones (excluding diaryl/α,β-unsaturated/α-hetero) is 1. The quantitative estimate of drug-likeness (QED) is 0.769. The molecular formula is C18H18F4N2O2. The summed E-state index contributed by atoms with van der Waals surface area (Å²) in [6, 6.07) is 5.02. The molecule has 2 atom stereocenters. The number of likely N-dealkylation sites (tertiary alicyclic amines) is 1. The number of benzene rings is 1. The molecule has 1 aliphatic rings. The van der Waals surface area contributed by atoms with Crippen molar-refractivity contribution in [2.75, 3.05) is 13.6 Å². The standard InChI is InChI=1S/C18H18F4N2O2/c1-10(25)14-6-12(9-24(14)2)26-15-7-16(18(20,21)22)23-17-11(8-19)4-3-5-13(15)17/h3-5,7,12,14H,6,8-9H2,1-2H3. The average molecular weight is 370 g/mol. The number of pyridine rings is 1. The summed E-state index contributed by atoms with van der Waals surface area (Å²) in [6.07, 6.45) is -4.72. The third-order valence-electron chi connectivity index (χ3n) is 4.59. The van der Waals surface area contributed by atoms with Crippen LogP contribution < -0.4 is 4.74 Å². The van der Waals surface area contributed by atoms with E-state index in [4.69, 9.17) is 4.74 Å². The number of halogens is 4. The van der Waals surface area contributed by atoms with Crippen LogP contribution in [0.4, 0.5) is 17.6 Å². The van der Waals surface area contributed by atoms with Crippen LogP contribution in [0.15, 0.2) is 24.3 Å². The van der Waals surface area contributed by atoms with Crippen molar-refractivity contribution in [1.29, 1.82) is 0 Å². The summed E-state index contributed by atoms with van der Waals surface area (Å²) in [5.74, 6) is -0.0193. The summed E-state index contributed by atoms with van der Waals surface area (Å²) >= 11 is 0. The molecule has 1 saturated heterocycles. The van der Waals surface area contributed by atoms with Gasteiger partial charge in [0.05, 0.1) is 11.6 Å². The third-order valence-corrected chi connectivity index (χ3v) is 4.59.